The first-order valence-electron chi connectivity index (χ1n) is 3.63. The van der Waals surface area contributed by atoms with E-state index in [1.54, 1.807) is 0 Å². The molecule has 0 spiro atoms. The summed E-state index contributed by atoms with van der Waals surface area (Å²) in [5.74, 6) is -0.581. The van der Waals surface area contributed by atoms with Crippen molar-refractivity contribution in [2.24, 2.45) is 0 Å². The highest BCUT2D eigenvalue weighted by Gasteiger charge is 2.35. The van der Waals surface area contributed by atoms with Gasteiger partial charge in [0.05, 0.1) is 0 Å². The molecule has 0 aliphatic carbocycles. The largest absolute Gasteiger partial charge is 0.445 e. The third-order valence-electron chi connectivity index (χ3n) is 1.19. The molecular weight excluding hydrogens is 235 g/mol. The number of rotatable bonds is 3. The van der Waals surface area contributed by atoms with Gasteiger partial charge in [-0.2, -0.15) is 13.2 Å². The highest BCUT2D eigenvalue weighted by molar-refractivity contribution is 7.15. The van der Waals surface area contributed by atoms with Gasteiger partial charge in [-0.15, -0.1) is 10.2 Å². The van der Waals surface area contributed by atoms with E-state index in [0.717, 1.165) is 0 Å². The molecule has 0 saturated carbocycles. The lowest BCUT2D eigenvalue weighted by molar-refractivity contribution is -0.138. The Hall–Kier alpha value is -1.22. The second-order valence-electron chi connectivity index (χ2n) is 2.39. The third-order valence-corrected chi connectivity index (χ3v) is 2.07. The van der Waals surface area contributed by atoms with Gasteiger partial charge in [0.15, 0.2) is 0 Å². The summed E-state index contributed by atoms with van der Waals surface area (Å²) in [6.45, 7) is -0.249. The Morgan fingerprint density at radius 1 is 1.53 bits per heavy atom. The fourth-order valence-corrected chi connectivity index (χ4v) is 1.30. The van der Waals surface area contributed by atoms with Crippen LogP contribution in [-0.4, -0.2) is 29.8 Å². The SMILES string of the molecule is COCC(=O)Nc1nnc(C(F)(F)F)s1. The van der Waals surface area contributed by atoms with Crippen molar-refractivity contribution in [1.82, 2.24) is 10.2 Å². The van der Waals surface area contributed by atoms with Crippen molar-refractivity contribution in [2.45, 2.75) is 6.18 Å². The van der Waals surface area contributed by atoms with Gasteiger partial charge >= 0.3 is 6.18 Å². The first-order chi connectivity index (χ1) is 6.93. The third kappa shape index (κ3) is 3.44. The van der Waals surface area contributed by atoms with Gasteiger partial charge in [-0.05, 0) is 0 Å². The number of hydrogen-bond acceptors (Lipinski definition) is 5. The number of carbonyl (C=O) groups is 1. The molecule has 0 unspecified atom stereocenters. The number of nitrogens with one attached hydrogen (secondary N) is 1. The van der Waals surface area contributed by atoms with Crippen molar-refractivity contribution in [3.05, 3.63) is 5.01 Å². The zero-order valence-electron chi connectivity index (χ0n) is 7.46. The van der Waals surface area contributed by atoms with Gasteiger partial charge in [0.25, 0.3) is 5.91 Å². The molecule has 15 heavy (non-hydrogen) atoms. The van der Waals surface area contributed by atoms with Crippen LogP contribution in [0.15, 0.2) is 0 Å². The van der Waals surface area contributed by atoms with Gasteiger partial charge in [-0.1, -0.05) is 11.3 Å². The summed E-state index contributed by atoms with van der Waals surface area (Å²) >= 11 is 0.259. The molecule has 1 aromatic heterocycles. The Labute approximate surface area is 86.3 Å². The molecule has 0 bridgehead atoms. The number of hydrogen-bond donors (Lipinski definition) is 1. The molecule has 1 aromatic rings. The minimum Gasteiger partial charge on any atom is -0.375 e. The maximum absolute atomic E-state index is 12.1. The van der Waals surface area contributed by atoms with Gasteiger partial charge in [-0.25, -0.2) is 0 Å². The summed E-state index contributed by atoms with van der Waals surface area (Å²) in [4.78, 5) is 10.9. The van der Waals surface area contributed by atoms with E-state index in [4.69, 9.17) is 0 Å². The van der Waals surface area contributed by atoms with Crippen LogP contribution >= 0.6 is 11.3 Å². The molecule has 0 aromatic carbocycles. The van der Waals surface area contributed by atoms with Crippen molar-refractivity contribution < 1.29 is 22.7 Å². The summed E-state index contributed by atoms with van der Waals surface area (Å²) in [6.07, 6.45) is -4.54. The number of anilines is 1. The van der Waals surface area contributed by atoms with Gasteiger partial charge in [0.2, 0.25) is 10.1 Å². The molecule has 0 radical (unpaired) electrons. The molecule has 84 valence electrons. The van der Waals surface area contributed by atoms with E-state index in [0.29, 0.717) is 0 Å². The van der Waals surface area contributed by atoms with Crippen LogP contribution in [-0.2, 0) is 15.7 Å². The molecule has 9 heteroatoms. The number of carbonyl (C=O) groups excluding carboxylic acids is 1. The fraction of sp³-hybridized carbons (Fsp3) is 0.500. The summed E-state index contributed by atoms with van der Waals surface area (Å²) in [5.41, 5.74) is 0. The monoisotopic (exact) mass is 241 g/mol. The highest BCUT2D eigenvalue weighted by atomic mass is 32.1. The highest BCUT2D eigenvalue weighted by Crippen LogP contribution is 2.32. The van der Waals surface area contributed by atoms with Crippen molar-refractivity contribution >= 4 is 22.4 Å². The second kappa shape index (κ2) is 4.53. The van der Waals surface area contributed by atoms with Crippen LogP contribution in [0.5, 0.6) is 0 Å². The molecule has 0 saturated heterocycles. The van der Waals surface area contributed by atoms with Crippen LogP contribution < -0.4 is 5.32 Å². The molecule has 1 rings (SSSR count). The number of halogens is 3. The van der Waals surface area contributed by atoms with Gasteiger partial charge in [0, 0.05) is 7.11 Å². The smallest absolute Gasteiger partial charge is 0.375 e. The van der Waals surface area contributed by atoms with Crippen LogP contribution in [0.2, 0.25) is 0 Å². The van der Waals surface area contributed by atoms with Gasteiger partial charge in [0.1, 0.15) is 6.61 Å². The van der Waals surface area contributed by atoms with Crippen molar-refractivity contribution in [3.63, 3.8) is 0 Å². The minimum atomic E-state index is -4.54. The summed E-state index contributed by atoms with van der Waals surface area (Å²) in [5, 5.41) is 6.86. The van der Waals surface area contributed by atoms with Crippen LogP contribution in [0.1, 0.15) is 5.01 Å². The van der Waals surface area contributed by atoms with E-state index < -0.39 is 17.1 Å². The number of alkyl halides is 3. The Morgan fingerprint density at radius 3 is 2.67 bits per heavy atom. The van der Waals surface area contributed by atoms with Crippen molar-refractivity contribution in [2.75, 3.05) is 19.0 Å². The van der Waals surface area contributed by atoms with Gasteiger partial charge < -0.3 is 4.74 Å². The molecule has 1 N–H and O–H groups in total. The van der Waals surface area contributed by atoms with Crippen molar-refractivity contribution in [3.8, 4) is 0 Å². The number of aromatic nitrogens is 2. The number of nitrogens with zero attached hydrogens (tertiary/aromatic N) is 2. The quantitative estimate of drug-likeness (QED) is 0.861. The summed E-state index contributed by atoms with van der Waals surface area (Å²) in [6, 6.07) is 0. The zero-order chi connectivity index (χ0) is 11.5. The number of ether oxygens (including phenoxy) is 1. The number of methoxy groups -OCH3 is 1. The topological polar surface area (TPSA) is 64.1 Å². The maximum Gasteiger partial charge on any atom is 0.445 e. The average Bonchev–Trinajstić information content (AvgIpc) is 2.52. The van der Waals surface area contributed by atoms with E-state index in [2.05, 4.69) is 20.3 Å². The lowest BCUT2D eigenvalue weighted by Gasteiger charge is -1.99. The van der Waals surface area contributed by atoms with Crippen LogP contribution in [0.3, 0.4) is 0 Å². The molecule has 5 nitrogen and oxygen atoms in total. The zero-order valence-corrected chi connectivity index (χ0v) is 8.28. The molecule has 0 atom stereocenters. The number of amides is 1. The van der Waals surface area contributed by atoms with E-state index >= 15 is 0 Å². The predicted octanol–water partition coefficient (Wildman–Crippen LogP) is 1.14. The fourth-order valence-electron chi connectivity index (χ4n) is 0.675. The van der Waals surface area contributed by atoms with E-state index in [9.17, 15) is 18.0 Å². The van der Waals surface area contributed by atoms with Crippen LogP contribution in [0, 0.1) is 0 Å². The van der Waals surface area contributed by atoms with Crippen LogP contribution in [0.25, 0.3) is 0 Å². The Morgan fingerprint density at radius 2 is 2.20 bits per heavy atom. The Balaban J connectivity index is 2.65. The molecule has 0 aliphatic rings. The predicted molar refractivity (Wildman–Crippen MR) is 45.4 cm³/mol. The molecule has 0 fully saturated rings. The first kappa shape index (κ1) is 11.9. The summed E-state index contributed by atoms with van der Waals surface area (Å²) < 4.78 is 40.6. The lowest BCUT2D eigenvalue weighted by Crippen LogP contribution is -2.16. The van der Waals surface area contributed by atoms with Crippen molar-refractivity contribution in [1.29, 1.82) is 0 Å². The molecule has 1 amide bonds. The lowest BCUT2D eigenvalue weighted by atomic mass is 10.6. The average molecular weight is 241 g/mol. The van der Waals surface area contributed by atoms with Gasteiger partial charge in [-0.3, -0.25) is 10.1 Å². The first-order valence-corrected chi connectivity index (χ1v) is 4.44. The molecule has 1 heterocycles. The minimum absolute atomic E-state index is 0.204. The Kier molecular flexibility index (Phi) is 3.58. The maximum atomic E-state index is 12.1. The van der Waals surface area contributed by atoms with E-state index in [1.165, 1.54) is 7.11 Å². The molecule has 0 aliphatic heterocycles. The van der Waals surface area contributed by atoms with Crippen LogP contribution in [0.4, 0.5) is 18.3 Å². The summed E-state index contributed by atoms with van der Waals surface area (Å²) in [7, 11) is 1.29. The van der Waals surface area contributed by atoms with E-state index in [-0.39, 0.29) is 23.1 Å². The standard InChI is InChI=1S/C6H6F3N3O2S/c1-14-2-3(13)10-5-12-11-4(15-5)6(7,8)9/h2H2,1H3,(H,10,12,13). The Bertz CT molecular complexity index is 352. The van der Waals surface area contributed by atoms with E-state index in [1.807, 2.05) is 0 Å². The molecular formula is C6H6F3N3O2S. The normalized spacial score (nSPS) is 11.5. The second-order valence-corrected chi connectivity index (χ2v) is 3.37.